The molecular formula is C17H26N2O. The van der Waals surface area contributed by atoms with E-state index in [1.807, 2.05) is 4.90 Å². The van der Waals surface area contributed by atoms with Crippen molar-refractivity contribution in [3.8, 4) is 0 Å². The average molecular weight is 274 g/mol. The zero-order chi connectivity index (χ0) is 14.7. The van der Waals surface area contributed by atoms with E-state index in [0.717, 1.165) is 19.6 Å². The van der Waals surface area contributed by atoms with E-state index >= 15 is 0 Å². The molecule has 20 heavy (non-hydrogen) atoms. The predicted molar refractivity (Wildman–Crippen MR) is 82.7 cm³/mol. The van der Waals surface area contributed by atoms with Crippen molar-refractivity contribution in [2.24, 2.45) is 5.92 Å². The van der Waals surface area contributed by atoms with Crippen molar-refractivity contribution in [1.82, 2.24) is 10.2 Å². The average Bonchev–Trinajstić information content (AvgIpc) is 2.66. The van der Waals surface area contributed by atoms with Crippen LogP contribution in [0.15, 0.2) is 18.2 Å². The van der Waals surface area contributed by atoms with Crippen LogP contribution in [0, 0.1) is 19.8 Å². The molecule has 1 aromatic rings. The van der Waals surface area contributed by atoms with Gasteiger partial charge in [-0.05, 0) is 31.9 Å². The highest BCUT2D eigenvalue weighted by atomic mass is 16.2. The van der Waals surface area contributed by atoms with Crippen molar-refractivity contribution < 1.29 is 4.79 Å². The first-order chi connectivity index (χ1) is 9.49. The lowest BCUT2D eigenvalue weighted by molar-refractivity contribution is -0.128. The van der Waals surface area contributed by atoms with E-state index in [0.29, 0.717) is 18.2 Å². The number of benzene rings is 1. The van der Waals surface area contributed by atoms with Crippen LogP contribution in [0.1, 0.15) is 43.0 Å². The molecule has 110 valence electrons. The summed E-state index contributed by atoms with van der Waals surface area (Å²) >= 11 is 0. The number of likely N-dealkylation sites (tertiary alicyclic amines) is 1. The van der Waals surface area contributed by atoms with Crippen LogP contribution in [0.5, 0.6) is 0 Å². The fourth-order valence-corrected chi connectivity index (χ4v) is 3.11. The van der Waals surface area contributed by atoms with Gasteiger partial charge in [0.1, 0.15) is 0 Å². The number of hydrogen-bond acceptors (Lipinski definition) is 2. The van der Waals surface area contributed by atoms with Gasteiger partial charge in [0, 0.05) is 25.6 Å². The van der Waals surface area contributed by atoms with Gasteiger partial charge in [-0.2, -0.15) is 0 Å². The molecule has 1 N–H and O–H groups in total. The first-order valence-corrected chi connectivity index (χ1v) is 7.59. The summed E-state index contributed by atoms with van der Waals surface area (Å²) in [6.45, 7) is 11.1. The fraction of sp³-hybridized carbons (Fsp3) is 0.588. The Kier molecular flexibility index (Phi) is 4.81. The fourth-order valence-electron chi connectivity index (χ4n) is 3.11. The highest BCUT2D eigenvalue weighted by Gasteiger charge is 2.28. The molecule has 2 rings (SSSR count). The lowest BCUT2D eigenvalue weighted by Crippen LogP contribution is -2.36. The number of carbonyl (C=O) groups is 1. The normalized spacial score (nSPS) is 20.5. The summed E-state index contributed by atoms with van der Waals surface area (Å²) in [5.41, 5.74) is 3.85. The van der Waals surface area contributed by atoms with Crippen LogP contribution in [0.3, 0.4) is 0 Å². The lowest BCUT2D eigenvalue weighted by atomic mass is 10.0. The quantitative estimate of drug-likeness (QED) is 0.895. The molecule has 0 spiro atoms. The molecule has 0 bridgehead atoms. The zero-order valence-electron chi connectivity index (χ0n) is 13.1. The van der Waals surface area contributed by atoms with E-state index in [1.165, 1.54) is 16.7 Å². The van der Waals surface area contributed by atoms with Crippen LogP contribution in [-0.2, 0) is 4.79 Å². The summed E-state index contributed by atoms with van der Waals surface area (Å²) in [6.07, 6.45) is 0.700. The molecule has 1 aliphatic rings. The maximum absolute atomic E-state index is 12.0. The van der Waals surface area contributed by atoms with Crippen LogP contribution < -0.4 is 5.32 Å². The molecule has 2 atom stereocenters. The molecule has 1 heterocycles. The summed E-state index contributed by atoms with van der Waals surface area (Å²) in [5.74, 6) is 0.786. The smallest absolute Gasteiger partial charge is 0.222 e. The van der Waals surface area contributed by atoms with E-state index in [-0.39, 0.29) is 6.04 Å². The molecule has 1 amide bonds. The standard InChI is InChI=1S/C17H26N2O/c1-5-18-16(11-19-10-14(4)9-17(19)20)15-7-12(2)6-13(3)8-15/h6-8,14,16,18H,5,9-11H2,1-4H3. The first kappa shape index (κ1) is 15.0. The van der Waals surface area contributed by atoms with Crippen molar-refractivity contribution in [2.75, 3.05) is 19.6 Å². The molecule has 2 unspecified atom stereocenters. The minimum Gasteiger partial charge on any atom is -0.340 e. The van der Waals surface area contributed by atoms with E-state index in [4.69, 9.17) is 0 Å². The van der Waals surface area contributed by atoms with Gasteiger partial charge in [-0.1, -0.05) is 43.2 Å². The monoisotopic (exact) mass is 274 g/mol. The highest BCUT2D eigenvalue weighted by Crippen LogP contribution is 2.23. The summed E-state index contributed by atoms with van der Waals surface area (Å²) in [4.78, 5) is 14.0. The van der Waals surface area contributed by atoms with Gasteiger partial charge < -0.3 is 10.2 Å². The van der Waals surface area contributed by atoms with E-state index in [2.05, 4.69) is 51.2 Å². The SMILES string of the molecule is CCNC(CN1CC(C)CC1=O)c1cc(C)cc(C)c1. The van der Waals surface area contributed by atoms with Gasteiger partial charge in [0.25, 0.3) is 0 Å². The molecular weight excluding hydrogens is 248 g/mol. The Bertz CT molecular complexity index is 464. The number of likely N-dealkylation sites (N-methyl/N-ethyl adjacent to an activating group) is 1. The second-order valence-electron chi connectivity index (χ2n) is 6.14. The molecule has 0 saturated carbocycles. The molecule has 0 aromatic heterocycles. The minimum absolute atomic E-state index is 0.229. The summed E-state index contributed by atoms with van der Waals surface area (Å²) in [5, 5.41) is 3.52. The Labute approximate surface area is 122 Å². The van der Waals surface area contributed by atoms with Gasteiger partial charge in [-0.25, -0.2) is 0 Å². The van der Waals surface area contributed by atoms with Gasteiger partial charge in [0.05, 0.1) is 0 Å². The molecule has 0 radical (unpaired) electrons. The van der Waals surface area contributed by atoms with E-state index < -0.39 is 0 Å². The number of nitrogens with one attached hydrogen (secondary N) is 1. The molecule has 1 aliphatic heterocycles. The van der Waals surface area contributed by atoms with Gasteiger partial charge in [0.15, 0.2) is 0 Å². The van der Waals surface area contributed by atoms with Crippen molar-refractivity contribution in [3.05, 3.63) is 34.9 Å². The number of hydrogen-bond donors (Lipinski definition) is 1. The predicted octanol–water partition coefficient (Wildman–Crippen LogP) is 2.82. The maximum Gasteiger partial charge on any atom is 0.222 e. The van der Waals surface area contributed by atoms with Crippen LogP contribution in [-0.4, -0.2) is 30.4 Å². The van der Waals surface area contributed by atoms with Gasteiger partial charge in [-0.15, -0.1) is 0 Å². The van der Waals surface area contributed by atoms with Crippen LogP contribution >= 0.6 is 0 Å². The second-order valence-corrected chi connectivity index (χ2v) is 6.14. The molecule has 1 saturated heterocycles. The summed E-state index contributed by atoms with van der Waals surface area (Å²) in [6, 6.07) is 6.87. The van der Waals surface area contributed by atoms with Crippen molar-refractivity contribution in [1.29, 1.82) is 0 Å². The van der Waals surface area contributed by atoms with Gasteiger partial charge in [-0.3, -0.25) is 4.79 Å². The number of nitrogens with zero attached hydrogens (tertiary/aromatic N) is 1. The maximum atomic E-state index is 12.0. The molecule has 3 heteroatoms. The third-order valence-corrected chi connectivity index (χ3v) is 3.91. The minimum atomic E-state index is 0.229. The topological polar surface area (TPSA) is 32.3 Å². The third kappa shape index (κ3) is 3.60. The largest absolute Gasteiger partial charge is 0.340 e. The number of rotatable bonds is 5. The van der Waals surface area contributed by atoms with Crippen LogP contribution in [0.2, 0.25) is 0 Å². The van der Waals surface area contributed by atoms with Crippen molar-refractivity contribution >= 4 is 5.91 Å². The Balaban J connectivity index is 2.16. The van der Waals surface area contributed by atoms with Crippen LogP contribution in [0.4, 0.5) is 0 Å². The Morgan fingerprint density at radius 1 is 1.30 bits per heavy atom. The van der Waals surface area contributed by atoms with E-state index in [1.54, 1.807) is 0 Å². The Hall–Kier alpha value is -1.35. The first-order valence-electron chi connectivity index (χ1n) is 7.59. The number of amides is 1. The number of aryl methyl sites for hydroxylation is 2. The highest BCUT2D eigenvalue weighted by molar-refractivity contribution is 5.78. The molecule has 1 aromatic carbocycles. The summed E-state index contributed by atoms with van der Waals surface area (Å²) in [7, 11) is 0. The molecule has 1 fully saturated rings. The Morgan fingerprint density at radius 3 is 2.45 bits per heavy atom. The summed E-state index contributed by atoms with van der Waals surface area (Å²) < 4.78 is 0. The Morgan fingerprint density at radius 2 is 1.95 bits per heavy atom. The molecule has 0 aliphatic carbocycles. The molecule has 3 nitrogen and oxygen atoms in total. The third-order valence-electron chi connectivity index (χ3n) is 3.91. The number of carbonyl (C=O) groups excluding carboxylic acids is 1. The van der Waals surface area contributed by atoms with E-state index in [9.17, 15) is 4.79 Å². The van der Waals surface area contributed by atoms with Gasteiger partial charge >= 0.3 is 0 Å². The van der Waals surface area contributed by atoms with Crippen LogP contribution in [0.25, 0.3) is 0 Å². The second kappa shape index (κ2) is 6.40. The lowest BCUT2D eigenvalue weighted by Gasteiger charge is -2.25. The van der Waals surface area contributed by atoms with Gasteiger partial charge in [0.2, 0.25) is 5.91 Å². The van der Waals surface area contributed by atoms with Crippen molar-refractivity contribution in [3.63, 3.8) is 0 Å². The zero-order valence-corrected chi connectivity index (χ0v) is 13.1. The van der Waals surface area contributed by atoms with Crippen molar-refractivity contribution in [2.45, 2.75) is 40.2 Å².